The first-order valence-electron chi connectivity index (χ1n) is 9.15. The Morgan fingerprint density at radius 3 is 2.62 bits per heavy atom. The number of rotatable bonds is 8. The Morgan fingerprint density at radius 1 is 1.10 bits per heavy atom. The van der Waals surface area contributed by atoms with Crippen molar-refractivity contribution in [2.45, 2.75) is 20.1 Å². The van der Waals surface area contributed by atoms with Gasteiger partial charge < -0.3 is 9.47 Å². The van der Waals surface area contributed by atoms with Crippen LogP contribution in [0, 0.1) is 18.3 Å². The van der Waals surface area contributed by atoms with Gasteiger partial charge in [0.2, 0.25) is 0 Å². The molecule has 1 heterocycles. The summed E-state index contributed by atoms with van der Waals surface area (Å²) in [5, 5.41) is 13.8. The van der Waals surface area contributed by atoms with Crippen LogP contribution in [0.15, 0.2) is 65.8 Å². The highest BCUT2D eigenvalue weighted by atomic mass is 16.5. The quantitative estimate of drug-likeness (QED) is 0.457. The van der Waals surface area contributed by atoms with Crippen LogP contribution in [0.5, 0.6) is 5.75 Å². The van der Waals surface area contributed by atoms with Gasteiger partial charge in [0.15, 0.2) is 5.82 Å². The Balaban J connectivity index is 1.75. The van der Waals surface area contributed by atoms with Gasteiger partial charge in [-0.3, -0.25) is 5.43 Å². The van der Waals surface area contributed by atoms with Crippen LogP contribution in [-0.2, 0) is 18.0 Å². The van der Waals surface area contributed by atoms with E-state index < -0.39 is 0 Å². The monoisotopic (exact) mass is 386 g/mol. The van der Waals surface area contributed by atoms with E-state index in [1.165, 1.54) is 0 Å². The van der Waals surface area contributed by atoms with E-state index in [9.17, 15) is 5.26 Å². The largest absolute Gasteiger partial charge is 0.488 e. The lowest BCUT2D eigenvalue weighted by Crippen LogP contribution is -2.04. The van der Waals surface area contributed by atoms with Gasteiger partial charge in [0.1, 0.15) is 24.0 Å². The van der Waals surface area contributed by atoms with Crippen molar-refractivity contribution in [3.8, 4) is 11.8 Å². The Bertz CT molecular complexity index is 1030. The number of para-hydroxylation sites is 1. The normalized spacial score (nSPS) is 10.7. The van der Waals surface area contributed by atoms with Gasteiger partial charge in [-0.1, -0.05) is 42.5 Å². The number of hydrogen-bond acceptors (Lipinski definition) is 6. The minimum atomic E-state index is 0.334. The fourth-order valence-electron chi connectivity index (χ4n) is 2.83. The Kier molecular flexibility index (Phi) is 6.93. The zero-order valence-electron chi connectivity index (χ0n) is 16.4. The van der Waals surface area contributed by atoms with E-state index in [1.807, 2.05) is 67.6 Å². The third-order valence-corrected chi connectivity index (χ3v) is 4.17. The summed E-state index contributed by atoms with van der Waals surface area (Å²) in [5.74, 6) is 1.12. The van der Waals surface area contributed by atoms with Crippen molar-refractivity contribution in [1.29, 1.82) is 5.26 Å². The molecule has 6 heteroatoms. The minimum absolute atomic E-state index is 0.334. The lowest BCUT2D eigenvalue weighted by molar-refractivity contribution is 0.184. The molecule has 0 bridgehead atoms. The number of ether oxygens (including phenoxy) is 2. The first-order chi connectivity index (χ1) is 14.2. The van der Waals surface area contributed by atoms with E-state index in [0.717, 1.165) is 28.1 Å². The van der Waals surface area contributed by atoms with Crippen LogP contribution in [0.1, 0.15) is 27.9 Å². The SMILES string of the molecule is COCc1cc(C)nc(N/N=C\c2ccccc2OCc2ccccc2)c1C#N. The molecule has 0 aliphatic carbocycles. The predicted octanol–water partition coefficient (Wildman–Crippen LogP) is 4.43. The standard InChI is InChI=1S/C23H22N4O2/c1-17-12-20(16-28-2)21(13-24)23(26-17)27-25-14-19-10-6-7-11-22(19)29-15-18-8-4-3-5-9-18/h3-12,14H,15-16H2,1-2H3,(H,26,27)/b25-14-. The fourth-order valence-corrected chi connectivity index (χ4v) is 2.83. The summed E-state index contributed by atoms with van der Waals surface area (Å²) in [5.41, 5.74) is 6.75. The number of benzene rings is 2. The lowest BCUT2D eigenvalue weighted by Gasteiger charge is -2.10. The van der Waals surface area contributed by atoms with Crippen LogP contribution < -0.4 is 10.2 Å². The van der Waals surface area contributed by atoms with Crippen molar-refractivity contribution in [3.63, 3.8) is 0 Å². The molecule has 0 aliphatic heterocycles. The maximum atomic E-state index is 9.50. The molecule has 3 aromatic rings. The molecule has 29 heavy (non-hydrogen) atoms. The third kappa shape index (κ3) is 5.41. The first-order valence-corrected chi connectivity index (χ1v) is 9.15. The average molecular weight is 386 g/mol. The Morgan fingerprint density at radius 2 is 1.86 bits per heavy atom. The van der Waals surface area contributed by atoms with Crippen molar-refractivity contribution < 1.29 is 9.47 Å². The maximum absolute atomic E-state index is 9.50. The molecular formula is C23H22N4O2. The molecule has 0 saturated carbocycles. The highest BCUT2D eigenvalue weighted by molar-refractivity contribution is 5.84. The van der Waals surface area contributed by atoms with Crippen LogP contribution >= 0.6 is 0 Å². The molecule has 0 fully saturated rings. The van der Waals surface area contributed by atoms with Crippen LogP contribution in [0.3, 0.4) is 0 Å². The molecule has 6 nitrogen and oxygen atoms in total. The van der Waals surface area contributed by atoms with Crippen LogP contribution in [0.2, 0.25) is 0 Å². The van der Waals surface area contributed by atoms with E-state index in [-0.39, 0.29) is 0 Å². The molecule has 0 amide bonds. The molecule has 0 saturated heterocycles. The van der Waals surface area contributed by atoms with Gasteiger partial charge in [-0.25, -0.2) is 4.98 Å². The number of pyridine rings is 1. The molecule has 1 aromatic heterocycles. The molecular weight excluding hydrogens is 364 g/mol. The van der Waals surface area contributed by atoms with Gasteiger partial charge in [-0.05, 0) is 30.7 Å². The summed E-state index contributed by atoms with van der Waals surface area (Å²) < 4.78 is 11.1. The van der Waals surface area contributed by atoms with E-state index in [2.05, 4.69) is 21.6 Å². The van der Waals surface area contributed by atoms with Gasteiger partial charge in [0.05, 0.1) is 12.8 Å². The first kappa shape index (κ1) is 20.1. The molecule has 146 valence electrons. The van der Waals surface area contributed by atoms with E-state index in [0.29, 0.717) is 24.6 Å². The Hall–Kier alpha value is -3.69. The molecule has 1 N–H and O–H groups in total. The van der Waals surface area contributed by atoms with Crippen molar-refractivity contribution in [2.24, 2.45) is 5.10 Å². The number of nitrogens with zero attached hydrogens (tertiary/aromatic N) is 3. The molecule has 0 atom stereocenters. The van der Waals surface area contributed by atoms with Crippen LogP contribution in [0.25, 0.3) is 0 Å². The zero-order chi connectivity index (χ0) is 20.5. The Labute approximate surface area is 170 Å². The number of anilines is 1. The van der Waals surface area contributed by atoms with E-state index >= 15 is 0 Å². The number of aryl methyl sites for hydroxylation is 1. The third-order valence-electron chi connectivity index (χ3n) is 4.17. The average Bonchev–Trinajstić information content (AvgIpc) is 2.74. The van der Waals surface area contributed by atoms with Crippen LogP contribution in [-0.4, -0.2) is 18.3 Å². The second-order valence-electron chi connectivity index (χ2n) is 6.37. The second kappa shape index (κ2) is 10.0. The minimum Gasteiger partial charge on any atom is -0.488 e. The second-order valence-corrected chi connectivity index (χ2v) is 6.37. The molecule has 0 aliphatic rings. The van der Waals surface area contributed by atoms with Crippen molar-refractivity contribution in [1.82, 2.24) is 4.98 Å². The highest BCUT2D eigenvalue weighted by Gasteiger charge is 2.11. The van der Waals surface area contributed by atoms with Gasteiger partial charge in [-0.2, -0.15) is 10.4 Å². The zero-order valence-corrected chi connectivity index (χ0v) is 16.4. The molecule has 2 aromatic carbocycles. The highest BCUT2D eigenvalue weighted by Crippen LogP contribution is 2.20. The fraction of sp³-hybridized carbons (Fsp3) is 0.174. The van der Waals surface area contributed by atoms with Crippen molar-refractivity contribution in [2.75, 3.05) is 12.5 Å². The van der Waals surface area contributed by atoms with Gasteiger partial charge in [0, 0.05) is 23.9 Å². The lowest BCUT2D eigenvalue weighted by atomic mass is 10.1. The smallest absolute Gasteiger partial charge is 0.164 e. The predicted molar refractivity (Wildman–Crippen MR) is 113 cm³/mol. The van der Waals surface area contributed by atoms with E-state index in [4.69, 9.17) is 9.47 Å². The number of aromatic nitrogens is 1. The number of nitrogens with one attached hydrogen (secondary N) is 1. The van der Waals surface area contributed by atoms with Gasteiger partial charge in [0.25, 0.3) is 0 Å². The van der Waals surface area contributed by atoms with Crippen molar-refractivity contribution in [3.05, 3.63) is 88.6 Å². The molecule has 3 rings (SSSR count). The number of methoxy groups -OCH3 is 1. The summed E-state index contributed by atoms with van der Waals surface area (Å²) in [7, 11) is 1.59. The van der Waals surface area contributed by atoms with Crippen molar-refractivity contribution >= 4 is 12.0 Å². The number of hydrogen-bond donors (Lipinski definition) is 1. The number of nitriles is 1. The molecule has 0 spiro atoms. The van der Waals surface area contributed by atoms with Crippen LogP contribution in [0.4, 0.5) is 5.82 Å². The summed E-state index contributed by atoms with van der Waals surface area (Å²) >= 11 is 0. The maximum Gasteiger partial charge on any atom is 0.164 e. The number of hydrazone groups is 1. The molecule has 0 radical (unpaired) electrons. The van der Waals surface area contributed by atoms with Gasteiger partial charge >= 0.3 is 0 Å². The summed E-state index contributed by atoms with van der Waals surface area (Å²) in [4.78, 5) is 4.38. The topological polar surface area (TPSA) is 79.5 Å². The van der Waals surface area contributed by atoms with Gasteiger partial charge in [-0.15, -0.1) is 0 Å². The summed E-state index contributed by atoms with van der Waals surface area (Å²) in [6.45, 7) is 2.67. The summed E-state index contributed by atoms with van der Waals surface area (Å²) in [6.07, 6.45) is 1.65. The van der Waals surface area contributed by atoms with E-state index in [1.54, 1.807) is 13.3 Å². The summed E-state index contributed by atoms with van der Waals surface area (Å²) in [6, 6.07) is 21.6. The molecule has 0 unspecified atom stereocenters.